The van der Waals surface area contributed by atoms with Crippen molar-refractivity contribution in [1.29, 1.82) is 0 Å². The third kappa shape index (κ3) is 4.05. The van der Waals surface area contributed by atoms with Crippen LogP contribution in [0.4, 0.5) is 0 Å². The first-order chi connectivity index (χ1) is 6.20. The summed E-state index contributed by atoms with van der Waals surface area (Å²) in [6.07, 6.45) is 4.17. The fraction of sp³-hybridized carbons (Fsp3) is 0.900. The van der Waals surface area contributed by atoms with Crippen LogP contribution in [0.3, 0.4) is 0 Å². The lowest BCUT2D eigenvalue weighted by Crippen LogP contribution is -2.37. The maximum Gasteiger partial charge on any atom is 0.0745 e. The molecule has 76 valence electrons. The molecule has 0 aromatic rings. The number of thiocarbonyl (C=S) groups is 1. The fourth-order valence-electron chi connectivity index (χ4n) is 1.63. The summed E-state index contributed by atoms with van der Waals surface area (Å²) in [5.41, 5.74) is 0. The molecule has 0 aromatic carbocycles. The summed E-state index contributed by atoms with van der Waals surface area (Å²) in [7, 11) is 2.08. The minimum atomic E-state index is 0.997. The van der Waals surface area contributed by atoms with Crippen molar-refractivity contribution in [2.24, 2.45) is 0 Å². The van der Waals surface area contributed by atoms with E-state index in [0.29, 0.717) is 0 Å². The number of nitrogens with zero attached hydrogens (tertiary/aromatic N) is 2. The SMILES string of the molecule is CC(=S)N(C)CCN1CCCCC1. The van der Waals surface area contributed by atoms with Gasteiger partial charge >= 0.3 is 0 Å². The lowest BCUT2D eigenvalue weighted by atomic mass is 10.1. The molecule has 0 amide bonds. The van der Waals surface area contributed by atoms with E-state index in [1.54, 1.807) is 0 Å². The van der Waals surface area contributed by atoms with Crippen LogP contribution in [0.5, 0.6) is 0 Å². The Bertz CT molecular complexity index is 164. The van der Waals surface area contributed by atoms with Gasteiger partial charge in [0.05, 0.1) is 4.99 Å². The van der Waals surface area contributed by atoms with E-state index in [9.17, 15) is 0 Å². The maximum atomic E-state index is 5.09. The molecule has 0 bridgehead atoms. The lowest BCUT2D eigenvalue weighted by molar-refractivity contribution is 0.217. The average molecular weight is 200 g/mol. The summed E-state index contributed by atoms with van der Waals surface area (Å²) >= 11 is 5.09. The van der Waals surface area contributed by atoms with Gasteiger partial charge in [-0.05, 0) is 32.9 Å². The molecule has 0 atom stereocenters. The van der Waals surface area contributed by atoms with Crippen LogP contribution in [0, 0.1) is 0 Å². The molecular weight excluding hydrogens is 180 g/mol. The summed E-state index contributed by atoms with van der Waals surface area (Å²) in [5, 5.41) is 0. The molecule has 1 rings (SSSR count). The average Bonchev–Trinajstić information content (AvgIpc) is 2.15. The Kier molecular flexibility index (Phi) is 4.67. The number of hydrogen-bond acceptors (Lipinski definition) is 2. The van der Waals surface area contributed by atoms with Crippen molar-refractivity contribution in [2.45, 2.75) is 26.2 Å². The van der Waals surface area contributed by atoms with Crippen molar-refractivity contribution in [3.63, 3.8) is 0 Å². The van der Waals surface area contributed by atoms with Crippen LogP contribution < -0.4 is 0 Å². The molecule has 0 aliphatic carbocycles. The van der Waals surface area contributed by atoms with Crippen molar-refractivity contribution in [2.75, 3.05) is 33.2 Å². The molecule has 1 heterocycles. The normalized spacial score (nSPS) is 18.6. The number of likely N-dealkylation sites (tertiary alicyclic amines) is 1. The van der Waals surface area contributed by atoms with Gasteiger partial charge in [0, 0.05) is 20.1 Å². The first-order valence-electron chi connectivity index (χ1n) is 5.14. The molecule has 0 radical (unpaired) electrons. The molecule has 1 aliphatic heterocycles. The minimum absolute atomic E-state index is 0.997. The topological polar surface area (TPSA) is 6.48 Å². The second kappa shape index (κ2) is 5.55. The predicted molar refractivity (Wildman–Crippen MR) is 61.2 cm³/mol. The molecule has 0 spiro atoms. The van der Waals surface area contributed by atoms with Crippen molar-refractivity contribution in [3.8, 4) is 0 Å². The van der Waals surface area contributed by atoms with Crippen molar-refractivity contribution < 1.29 is 0 Å². The van der Waals surface area contributed by atoms with E-state index >= 15 is 0 Å². The summed E-state index contributed by atoms with van der Waals surface area (Å²) in [6, 6.07) is 0. The Morgan fingerprint density at radius 1 is 1.31 bits per heavy atom. The molecule has 0 unspecified atom stereocenters. The highest BCUT2D eigenvalue weighted by Gasteiger charge is 2.10. The Labute approximate surface area is 86.9 Å². The highest BCUT2D eigenvalue weighted by atomic mass is 32.1. The van der Waals surface area contributed by atoms with Crippen LogP contribution >= 0.6 is 12.2 Å². The summed E-state index contributed by atoms with van der Waals surface area (Å²) in [5.74, 6) is 0. The Hall–Kier alpha value is -0.150. The fourth-order valence-corrected chi connectivity index (χ4v) is 1.72. The standard InChI is InChI=1S/C10H20N2S/c1-10(13)11(2)8-9-12-6-4-3-5-7-12/h3-9H2,1-2H3. The number of rotatable bonds is 3. The van der Waals surface area contributed by atoms with E-state index in [-0.39, 0.29) is 0 Å². The molecule has 1 fully saturated rings. The molecule has 1 saturated heterocycles. The van der Waals surface area contributed by atoms with E-state index < -0.39 is 0 Å². The first-order valence-corrected chi connectivity index (χ1v) is 5.55. The minimum Gasteiger partial charge on any atom is -0.368 e. The van der Waals surface area contributed by atoms with Crippen molar-refractivity contribution in [3.05, 3.63) is 0 Å². The zero-order chi connectivity index (χ0) is 9.68. The predicted octanol–water partition coefficient (Wildman–Crippen LogP) is 1.75. The molecule has 0 N–H and O–H groups in total. The van der Waals surface area contributed by atoms with Crippen molar-refractivity contribution in [1.82, 2.24) is 9.80 Å². The van der Waals surface area contributed by atoms with Crippen molar-refractivity contribution >= 4 is 17.2 Å². The molecule has 2 nitrogen and oxygen atoms in total. The van der Waals surface area contributed by atoms with Crippen LogP contribution in [0.2, 0.25) is 0 Å². The summed E-state index contributed by atoms with van der Waals surface area (Å²) in [4.78, 5) is 5.69. The zero-order valence-corrected chi connectivity index (χ0v) is 9.57. The number of likely N-dealkylation sites (N-methyl/N-ethyl adjacent to an activating group) is 1. The van der Waals surface area contributed by atoms with Gasteiger partial charge in [-0.25, -0.2) is 0 Å². The smallest absolute Gasteiger partial charge is 0.0745 e. The van der Waals surface area contributed by atoms with Gasteiger partial charge in [0.2, 0.25) is 0 Å². The molecular formula is C10H20N2S. The van der Waals surface area contributed by atoms with E-state index in [4.69, 9.17) is 12.2 Å². The molecule has 0 aromatic heterocycles. The van der Waals surface area contributed by atoms with Gasteiger partial charge in [0.15, 0.2) is 0 Å². The van der Waals surface area contributed by atoms with E-state index in [2.05, 4.69) is 16.8 Å². The lowest BCUT2D eigenvalue weighted by Gasteiger charge is -2.28. The van der Waals surface area contributed by atoms with Gasteiger partial charge < -0.3 is 9.80 Å². The van der Waals surface area contributed by atoms with Crippen LogP contribution in [0.15, 0.2) is 0 Å². The van der Waals surface area contributed by atoms with Gasteiger partial charge in [-0.1, -0.05) is 18.6 Å². The summed E-state index contributed by atoms with van der Waals surface area (Å²) in [6.45, 7) is 6.81. The molecule has 3 heteroatoms. The van der Waals surface area contributed by atoms with Gasteiger partial charge in [-0.15, -0.1) is 0 Å². The Morgan fingerprint density at radius 2 is 1.92 bits per heavy atom. The highest BCUT2D eigenvalue weighted by Crippen LogP contribution is 2.07. The van der Waals surface area contributed by atoms with Crippen LogP contribution in [-0.2, 0) is 0 Å². The monoisotopic (exact) mass is 200 g/mol. The van der Waals surface area contributed by atoms with Gasteiger partial charge in [-0.3, -0.25) is 0 Å². The highest BCUT2D eigenvalue weighted by molar-refractivity contribution is 7.80. The Morgan fingerprint density at radius 3 is 2.46 bits per heavy atom. The molecule has 0 saturated carbocycles. The zero-order valence-electron chi connectivity index (χ0n) is 8.75. The second-order valence-electron chi connectivity index (χ2n) is 3.84. The van der Waals surface area contributed by atoms with Crippen LogP contribution in [0.1, 0.15) is 26.2 Å². The van der Waals surface area contributed by atoms with E-state index in [1.807, 2.05) is 6.92 Å². The second-order valence-corrected chi connectivity index (χ2v) is 4.43. The largest absolute Gasteiger partial charge is 0.368 e. The van der Waals surface area contributed by atoms with Gasteiger partial charge in [0.25, 0.3) is 0 Å². The van der Waals surface area contributed by atoms with Crippen LogP contribution in [-0.4, -0.2) is 48.0 Å². The maximum absolute atomic E-state index is 5.09. The quantitative estimate of drug-likeness (QED) is 0.641. The van der Waals surface area contributed by atoms with E-state index in [1.165, 1.54) is 38.9 Å². The molecule has 13 heavy (non-hydrogen) atoms. The van der Waals surface area contributed by atoms with Gasteiger partial charge in [-0.2, -0.15) is 0 Å². The third-order valence-electron chi connectivity index (χ3n) is 2.74. The Balaban J connectivity index is 2.13. The summed E-state index contributed by atoms with van der Waals surface area (Å²) < 4.78 is 0. The van der Waals surface area contributed by atoms with Gasteiger partial charge in [0.1, 0.15) is 0 Å². The third-order valence-corrected chi connectivity index (χ3v) is 3.05. The molecule has 1 aliphatic rings. The first kappa shape index (κ1) is 10.9. The number of hydrogen-bond donors (Lipinski definition) is 0. The number of piperidine rings is 1. The van der Waals surface area contributed by atoms with Crippen LogP contribution in [0.25, 0.3) is 0 Å². The van der Waals surface area contributed by atoms with E-state index in [0.717, 1.165) is 11.5 Å².